The molecule has 0 heterocycles. The van der Waals surface area contributed by atoms with Crippen molar-refractivity contribution in [1.82, 2.24) is 0 Å². The van der Waals surface area contributed by atoms with Crippen LogP contribution in [-0.4, -0.2) is 11.9 Å². The summed E-state index contributed by atoms with van der Waals surface area (Å²) in [6.07, 6.45) is 2.57. The Kier molecular flexibility index (Phi) is 6.09. The van der Waals surface area contributed by atoms with E-state index < -0.39 is 0 Å². The third kappa shape index (κ3) is 4.94. The van der Waals surface area contributed by atoms with E-state index in [0.29, 0.717) is 37.2 Å². The first-order valence-electron chi connectivity index (χ1n) is 8.77. The molecule has 0 aliphatic heterocycles. The predicted octanol–water partition coefficient (Wildman–Crippen LogP) is 5.07. The van der Waals surface area contributed by atoms with E-state index in [2.05, 4.69) is 15.9 Å². The lowest BCUT2D eigenvalue weighted by Gasteiger charge is -2.25. The minimum Gasteiger partial charge on any atom is -0.426 e. The van der Waals surface area contributed by atoms with Gasteiger partial charge in [-0.05, 0) is 69.0 Å². The first-order valence-corrected chi connectivity index (χ1v) is 9.56. The smallest absolute Gasteiger partial charge is 0.314 e. The molecule has 5 heteroatoms. The fraction of sp³-hybridized carbons (Fsp3) is 0.333. The number of carbonyl (C=O) groups excluding carboxylic acids is 2. The van der Waals surface area contributed by atoms with Crippen LogP contribution in [0.3, 0.4) is 0 Å². The lowest BCUT2D eigenvalue weighted by molar-refractivity contribution is -0.145. The van der Waals surface area contributed by atoms with E-state index in [-0.39, 0.29) is 23.8 Å². The lowest BCUT2D eigenvalue weighted by atomic mass is 9.82. The molecule has 136 valence electrons. The van der Waals surface area contributed by atoms with Crippen molar-refractivity contribution in [1.29, 1.82) is 0 Å². The van der Waals surface area contributed by atoms with Gasteiger partial charge in [-0.1, -0.05) is 33.6 Å². The quantitative estimate of drug-likeness (QED) is 0.515. The van der Waals surface area contributed by atoms with Gasteiger partial charge in [0.2, 0.25) is 0 Å². The predicted molar refractivity (Wildman–Crippen MR) is 102 cm³/mol. The summed E-state index contributed by atoms with van der Waals surface area (Å²) in [5.74, 6) is 0.345. The summed E-state index contributed by atoms with van der Waals surface area (Å²) in [5, 5.41) is 0. The Morgan fingerprint density at radius 1 is 0.769 bits per heavy atom. The number of carbonyl (C=O) groups is 2. The summed E-state index contributed by atoms with van der Waals surface area (Å²) < 4.78 is 11.8. The molecule has 0 spiro atoms. The Bertz CT molecular complexity index is 692. The van der Waals surface area contributed by atoms with Crippen LogP contribution >= 0.6 is 15.9 Å². The molecule has 1 fully saturated rings. The average Bonchev–Trinajstić information content (AvgIpc) is 2.65. The molecule has 0 unspecified atom stereocenters. The van der Waals surface area contributed by atoms with Gasteiger partial charge in [0.05, 0.1) is 11.8 Å². The van der Waals surface area contributed by atoms with Gasteiger partial charge < -0.3 is 9.47 Å². The van der Waals surface area contributed by atoms with Crippen molar-refractivity contribution in [3.8, 4) is 11.5 Å². The lowest BCUT2D eigenvalue weighted by Crippen LogP contribution is -2.30. The summed E-state index contributed by atoms with van der Waals surface area (Å²) in [4.78, 5) is 24.6. The molecule has 0 N–H and O–H groups in total. The van der Waals surface area contributed by atoms with Crippen LogP contribution in [0.5, 0.6) is 11.5 Å². The summed E-state index contributed by atoms with van der Waals surface area (Å²) >= 11 is 3.35. The fourth-order valence-electron chi connectivity index (χ4n) is 3.07. The molecule has 1 aliphatic rings. The third-order valence-electron chi connectivity index (χ3n) is 4.67. The van der Waals surface area contributed by atoms with Crippen molar-refractivity contribution < 1.29 is 19.1 Å². The molecule has 2 aromatic carbocycles. The van der Waals surface area contributed by atoms with E-state index in [1.54, 1.807) is 24.3 Å². The number of rotatable bonds is 4. The first kappa shape index (κ1) is 18.6. The first-order chi connectivity index (χ1) is 12.5. The highest BCUT2D eigenvalue weighted by Crippen LogP contribution is 2.31. The number of ether oxygens (including phenoxy) is 2. The zero-order valence-electron chi connectivity index (χ0n) is 14.6. The highest BCUT2D eigenvalue weighted by Gasteiger charge is 2.32. The van der Waals surface area contributed by atoms with E-state index in [1.165, 1.54) is 0 Å². The molecular formula is C21H21BrO4. The van der Waals surface area contributed by atoms with Crippen LogP contribution in [0.2, 0.25) is 0 Å². The standard InChI is InChI=1S/C21H21BrO4/c1-14-2-10-18(11-3-14)25-20(23)15-4-6-16(7-5-15)21(24)26-19-12-8-17(22)9-13-19/h2-3,8-13,15-16H,4-7H2,1H3. The minimum absolute atomic E-state index is 0.159. The highest BCUT2D eigenvalue weighted by molar-refractivity contribution is 9.10. The summed E-state index contributed by atoms with van der Waals surface area (Å²) in [5.41, 5.74) is 1.12. The van der Waals surface area contributed by atoms with Crippen molar-refractivity contribution >= 4 is 27.9 Å². The van der Waals surface area contributed by atoms with Gasteiger partial charge in [-0.15, -0.1) is 0 Å². The van der Waals surface area contributed by atoms with Gasteiger partial charge in [0.25, 0.3) is 0 Å². The van der Waals surface area contributed by atoms with Crippen LogP contribution in [0.1, 0.15) is 31.2 Å². The van der Waals surface area contributed by atoms with Crippen molar-refractivity contribution in [2.24, 2.45) is 11.8 Å². The van der Waals surface area contributed by atoms with E-state index in [9.17, 15) is 9.59 Å². The largest absolute Gasteiger partial charge is 0.426 e. The third-order valence-corrected chi connectivity index (χ3v) is 5.19. The van der Waals surface area contributed by atoms with Gasteiger partial charge in [0.15, 0.2) is 0 Å². The molecule has 0 bridgehead atoms. The molecule has 26 heavy (non-hydrogen) atoms. The Morgan fingerprint density at radius 3 is 1.58 bits per heavy atom. The van der Waals surface area contributed by atoms with Gasteiger partial charge in [-0.2, -0.15) is 0 Å². The number of aryl methyl sites for hydroxylation is 1. The monoisotopic (exact) mass is 416 g/mol. The second-order valence-electron chi connectivity index (χ2n) is 6.66. The maximum absolute atomic E-state index is 12.3. The number of halogens is 1. The van der Waals surface area contributed by atoms with Crippen LogP contribution < -0.4 is 9.47 Å². The van der Waals surface area contributed by atoms with Crippen LogP contribution in [-0.2, 0) is 9.59 Å². The zero-order chi connectivity index (χ0) is 18.5. The zero-order valence-corrected chi connectivity index (χ0v) is 16.2. The molecule has 0 radical (unpaired) electrons. The van der Waals surface area contributed by atoms with Crippen LogP contribution in [0.4, 0.5) is 0 Å². The van der Waals surface area contributed by atoms with Gasteiger partial charge in [0, 0.05) is 4.47 Å². The topological polar surface area (TPSA) is 52.6 Å². The van der Waals surface area contributed by atoms with Crippen molar-refractivity contribution in [3.63, 3.8) is 0 Å². The van der Waals surface area contributed by atoms with Gasteiger partial charge in [0.1, 0.15) is 11.5 Å². The summed E-state index contributed by atoms with van der Waals surface area (Å²) in [7, 11) is 0. The molecule has 0 atom stereocenters. The Hall–Kier alpha value is -2.14. The molecule has 4 nitrogen and oxygen atoms in total. The fourth-order valence-corrected chi connectivity index (χ4v) is 3.34. The molecule has 0 saturated heterocycles. The molecular weight excluding hydrogens is 396 g/mol. The summed E-state index contributed by atoms with van der Waals surface area (Å²) in [6.45, 7) is 1.99. The molecule has 0 amide bonds. The van der Waals surface area contributed by atoms with E-state index >= 15 is 0 Å². The Morgan fingerprint density at radius 2 is 1.15 bits per heavy atom. The maximum atomic E-state index is 12.3. The number of hydrogen-bond donors (Lipinski definition) is 0. The Balaban J connectivity index is 1.48. The minimum atomic E-state index is -0.224. The van der Waals surface area contributed by atoms with Gasteiger partial charge in [-0.3, -0.25) is 9.59 Å². The van der Waals surface area contributed by atoms with Crippen LogP contribution in [0.25, 0.3) is 0 Å². The highest BCUT2D eigenvalue weighted by atomic mass is 79.9. The molecule has 2 aromatic rings. The second-order valence-corrected chi connectivity index (χ2v) is 7.57. The number of esters is 2. The van der Waals surface area contributed by atoms with E-state index in [4.69, 9.17) is 9.47 Å². The van der Waals surface area contributed by atoms with Gasteiger partial charge >= 0.3 is 11.9 Å². The van der Waals surface area contributed by atoms with Crippen LogP contribution in [0.15, 0.2) is 53.0 Å². The second kappa shape index (κ2) is 8.49. The molecule has 3 rings (SSSR count). The average molecular weight is 417 g/mol. The van der Waals surface area contributed by atoms with Crippen LogP contribution in [0, 0.1) is 18.8 Å². The number of hydrogen-bond acceptors (Lipinski definition) is 4. The molecule has 1 saturated carbocycles. The normalized spacial score (nSPS) is 19.6. The summed E-state index contributed by atoms with van der Waals surface area (Å²) in [6, 6.07) is 14.6. The molecule has 0 aromatic heterocycles. The van der Waals surface area contributed by atoms with Crippen molar-refractivity contribution in [3.05, 3.63) is 58.6 Å². The van der Waals surface area contributed by atoms with Crippen molar-refractivity contribution in [2.75, 3.05) is 0 Å². The van der Waals surface area contributed by atoms with E-state index in [1.807, 2.05) is 31.2 Å². The molecule has 1 aliphatic carbocycles. The van der Waals surface area contributed by atoms with Crippen molar-refractivity contribution in [2.45, 2.75) is 32.6 Å². The Labute approximate surface area is 161 Å². The SMILES string of the molecule is Cc1ccc(OC(=O)C2CCC(C(=O)Oc3ccc(Br)cc3)CC2)cc1. The maximum Gasteiger partial charge on any atom is 0.314 e. The van der Waals surface area contributed by atoms with Gasteiger partial charge in [-0.25, -0.2) is 0 Å². The van der Waals surface area contributed by atoms with E-state index in [0.717, 1.165) is 10.0 Å². The number of benzene rings is 2.